The molecule has 0 aromatic heterocycles. The van der Waals surface area contributed by atoms with Crippen molar-refractivity contribution in [1.82, 2.24) is 0 Å². The van der Waals surface area contributed by atoms with Crippen LogP contribution in [0.3, 0.4) is 0 Å². The quantitative estimate of drug-likeness (QED) is 0.774. The van der Waals surface area contributed by atoms with Crippen LogP contribution in [0.2, 0.25) is 0 Å². The number of carbonyl (C=O) groups excluding carboxylic acids is 1. The van der Waals surface area contributed by atoms with Crippen molar-refractivity contribution in [3.05, 3.63) is 30.1 Å². The molecule has 3 nitrogen and oxygen atoms in total. The second-order valence-corrected chi connectivity index (χ2v) is 3.05. The molecular formula is C10H13FN2O. The molecule has 0 saturated heterocycles. The van der Waals surface area contributed by atoms with Crippen LogP contribution in [0.4, 0.5) is 10.1 Å². The van der Waals surface area contributed by atoms with Gasteiger partial charge in [0.05, 0.1) is 18.8 Å². The first-order chi connectivity index (χ1) is 6.65. The van der Waals surface area contributed by atoms with Crippen molar-refractivity contribution in [3.63, 3.8) is 0 Å². The van der Waals surface area contributed by atoms with E-state index in [0.717, 1.165) is 0 Å². The molecular weight excluding hydrogens is 183 g/mol. The standard InChI is InChI=1S/C10H13FN2O/c1-13(7-8(14)6-12)10-5-3-2-4-9(10)11/h2-5H,6-7,12H2,1H3. The van der Waals surface area contributed by atoms with Crippen LogP contribution in [0.25, 0.3) is 0 Å². The number of halogens is 1. The maximum absolute atomic E-state index is 13.2. The fraction of sp³-hybridized carbons (Fsp3) is 0.300. The molecule has 0 bridgehead atoms. The van der Waals surface area contributed by atoms with Crippen LogP contribution >= 0.6 is 0 Å². The van der Waals surface area contributed by atoms with E-state index < -0.39 is 0 Å². The van der Waals surface area contributed by atoms with Gasteiger partial charge in [0.25, 0.3) is 0 Å². The van der Waals surface area contributed by atoms with E-state index >= 15 is 0 Å². The highest BCUT2D eigenvalue weighted by Gasteiger charge is 2.09. The van der Waals surface area contributed by atoms with Gasteiger partial charge in [0.1, 0.15) is 5.82 Å². The number of anilines is 1. The van der Waals surface area contributed by atoms with Gasteiger partial charge in [-0.05, 0) is 12.1 Å². The predicted molar refractivity (Wildman–Crippen MR) is 53.7 cm³/mol. The van der Waals surface area contributed by atoms with E-state index in [1.807, 2.05) is 0 Å². The Labute approximate surface area is 82.3 Å². The second kappa shape index (κ2) is 4.72. The summed E-state index contributed by atoms with van der Waals surface area (Å²) in [6.07, 6.45) is 0. The molecule has 0 aliphatic heterocycles. The van der Waals surface area contributed by atoms with Crippen LogP contribution in [-0.2, 0) is 4.79 Å². The van der Waals surface area contributed by atoms with Crippen molar-refractivity contribution >= 4 is 11.5 Å². The minimum Gasteiger partial charge on any atom is -0.365 e. The van der Waals surface area contributed by atoms with Gasteiger partial charge < -0.3 is 10.6 Å². The Morgan fingerprint density at radius 3 is 2.71 bits per heavy atom. The minimum absolute atomic E-state index is 0.0151. The number of rotatable bonds is 4. The molecule has 76 valence electrons. The molecule has 1 rings (SSSR count). The molecule has 0 unspecified atom stereocenters. The lowest BCUT2D eigenvalue weighted by Gasteiger charge is -2.18. The monoisotopic (exact) mass is 196 g/mol. The molecule has 0 spiro atoms. The number of hydrogen-bond donors (Lipinski definition) is 1. The zero-order chi connectivity index (χ0) is 10.6. The van der Waals surface area contributed by atoms with Crippen LogP contribution < -0.4 is 10.6 Å². The first-order valence-corrected chi connectivity index (χ1v) is 4.32. The van der Waals surface area contributed by atoms with Crippen LogP contribution in [0, 0.1) is 5.82 Å². The summed E-state index contributed by atoms with van der Waals surface area (Å²) >= 11 is 0. The van der Waals surface area contributed by atoms with Gasteiger partial charge in [0, 0.05) is 7.05 Å². The Morgan fingerprint density at radius 1 is 1.50 bits per heavy atom. The summed E-state index contributed by atoms with van der Waals surface area (Å²) in [5.41, 5.74) is 5.58. The highest BCUT2D eigenvalue weighted by molar-refractivity contribution is 5.84. The third-order valence-electron chi connectivity index (χ3n) is 1.90. The van der Waals surface area contributed by atoms with Gasteiger partial charge in [-0.1, -0.05) is 12.1 Å². The molecule has 0 amide bonds. The van der Waals surface area contributed by atoms with Gasteiger partial charge in [0.2, 0.25) is 0 Å². The number of carbonyl (C=O) groups is 1. The molecule has 1 aromatic carbocycles. The van der Waals surface area contributed by atoms with Gasteiger partial charge in [0.15, 0.2) is 5.78 Å². The number of benzene rings is 1. The number of hydrogen-bond acceptors (Lipinski definition) is 3. The summed E-state index contributed by atoms with van der Waals surface area (Å²) in [7, 11) is 1.66. The molecule has 2 N–H and O–H groups in total. The van der Waals surface area contributed by atoms with E-state index in [-0.39, 0.29) is 24.7 Å². The minimum atomic E-state index is -0.333. The summed E-state index contributed by atoms with van der Waals surface area (Å²) in [5.74, 6) is -0.449. The summed E-state index contributed by atoms with van der Waals surface area (Å²) in [6, 6.07) is 6.32. The second-order valence-electron chi connectivity index (χ2n) is 3.05. The SMILES string of the molecule is CN(CC(=O)CN)c1ccccc1F. The number of nitrogens with zero attached hydrogens (tertiary/aromatic N) is 1. The molecule has 0 heterocycles. The van der Waals surface area contributed by atoms with Crippen molar-refractivity contribution in [2.24, 2.45) is 5.73 Å². The van der Waals surface area contributed by atoms with Crippen molar-refractivity contribution in [3.8, 4) is 0 Å². The van der Waals surface area contributed by atoms with Crippen LogP contribution in [0.15, 0.2) is 24.3 Å². The maximum atomic E-state index is 13.2. The molecule has 1 aromatic rings. The largest absolute Gasteiger partial charge is 0.365 e. The Bertz CT molecular complexity index is 328. The first kappa shape index (κ1) is 10.7. The first-order valence-electron chi connectivity index (χ1n) is 4.32. The van der Waals surface area contributed by atoms with Crippen molar-refractivity contribution in [1.29, 1.82) is 0 Å². The molecule has 0 fully saturated rings. The summed E-state index contributed by atoms with van der Waals surface area (Å²) in [4.78, 5) is 12.6. The van der Waals surface area contributed by atoms with Gasteiger partial charge >= 0.3 is 0 Å². The normalized spacial score (nSPS) is 9.93. The fourth-order valence-electron chi connectivity index (χ4n) is 1.18. The Morgan fingerprint density at radius 2 is 2.14 bits per heavy atom. The topological polar surface area (TPSA) is 46.3 Å². The lowest BCUT2D eigenvalue weighted by Crippen LogP contribution is -2.30. The lowest BCUT2D eigenvalue weighted by atomic mass is 10.2. The molecule has 4 heteroatoms. The zero-order valence-electron chi connectivity index (χ0n) is 8.03. The maximum Gasteiger partial charge on any atom is 0.165 e. The number of likely N-dealkylation sites (N-methyl/N-ethyl adjacent to an activating group) is 1. The van der Waals surface area contributed by atoms with Crippen LogP contribution in [-0.4, -0.2) is 25.9 Å². The highest BCUT2D eigenvalue weighted by Crippen LogP contribution is 2.16. The van der Waals surface area contributed by atoms with Gasteiger partial charge in [-0.15, -0.1) is 0 Å². The summed E-state index contributed by atoms with van der Waals surface area (Å²) in [5, 5.41) is 0. The van der Waals surface area contributed by atoms with Crippen molar-refractivity contribution < 1.29 is 9.18 Å². The van der Waals surface area contributed by atoms with Gasteiger partial charge in [-0.25, -0.2) is 4.39 Å². The lowest BCUT2D eigenvalue weighted by molar-refractivity contribution is -0.116. The fourth-order valence-corrected chi connectivity index (χ4v) is 1.18. The Hall–Kier alpha value is -1.42. The predicted octanol–water partition coefficient (Wildman–Crippen LogP) is 0.790. The molecule has 0 radical (unpaired) electrons. The summed E-state index contributed by atoms with van der Waals surface area (Å²) < 4.78 is 13.2. The Kier molecular flexibility index (Phi) is 3.59. The summed E-state index contributed by atoms with van der Waals surface area (Å²) in [6.45, 7) is 0.121. The smallest absolute Gasteiger partial charge is 0.165 e. The number of nitrogens with two attached hydrogens (primary N) is 1. The van der Waals surface area contributed by atoms with E-state index in [2.05, 4.69) is 0 Å². The average molecular weight is 196 g/mol. The van der Waals surface area contributed by atoms with E-state index in [1.165, 1.54) is 6.07 Å². The van der Waals surface area contributed by atoms with Crippen molar-refractivity contribution in [2.45, 2.75) is 0 Å². The zero-order valence-corrected chi connectivity index (χ0v) is 8.03. The number of ketones is 1. The van der Waals surface area contributed by atoms with E-state index in [1.54, 1.807) is 30.1 Å². The number of Topliss-reactive ketones (excluding diaryl/α,β-unsaturated/α-hetero) is 1. The van der Waals surface area contributed by atoms with Crippen LogP contribution in [0.1, 0.15) is 0 Å². The third-order valence-corrected chi connectivity index (χ3v) is 1.90. The van der Waals surface area contributed by atoms with Crippen LogP contribution in [0.5, 0.6) is 0 Å². The molecule has 14 heavy (non-hydrogen) atoms. The van der Waals surface area contributed by atoms with E-state index in [4.69, 9.17) is 5.73 Å². The van der Waals surface area contributed by atoms with Gasteiger partial charge in [-0.3, -0.25) is 4.79 Å². The van der Waals surface area contributed by atoms with Crippen molar-refractivity contribution in [2.75, 3.05) is 25.0 Å². The average Bonchev–Trinajstić information content (AvgIpc) is 2.18. The Balaban J connectivity index is 2.74. The molecule has 0 aliphatic rings. The third kappa shape index (κ3) is 2.53. The van der Waals surface area contributed by atoms with E-state index in [9.17, 15) is 9.18 Å². The number of para-hydroxylation sites is 1. The highest BCUT2D eigenvalue weighted by atomic mass is 19.1. The molecule has 0 saturated carbocycles. The molecule has 0 aliphatic carbocycles. The van der Waals surface area contributed by atoms with E-state index in [0.29, 0.717) is 5.69 Å². The molecule has 0 atom stereocenters. The van der Waals surface area contributed by atoms with Gasteiger partial charge in [-0.2, -0.15) is 0 Å².